The summed E-state index contributed by atoms with van der Waals surface area (Å²) in [6.07, 6.45) is 8.96. The first-order valence-electron chi connectivity index (χ1n) is 7.22. The topological polar surface area (TPSA) is 81.1 Å². The van der Waals surface area contributed by atoms with Crippen LogP contribution in [0.4, 0.5) is 0 Å². The van der Waals surface area contributed by atoms with Crippen molar-refractivity contribution in [3.8, 4) is 0 Å². The van der Waals surface area contributed by atoms with Crippen molar-refractivity contribution in [3.05, 3.63) is 17.8 Å². The summed E-state index contributed by atoms with van der Waals surface area (Å²) < 4.78 is 5.29. The second-order valence-corrected chi connectivity index (χ2v) is 5.27. The Balaban J connectivity index is 1.91. The van der Waals surface area contributed by atoms with Crippen molar-refractivity contribution in [1.29, 1.82) is 0 Å². The Bertz CT molecular complexity index is 411. The van der Waals surface area contributed by atoms with Crippen molar-refractivity contribution >= 4 is 5.91 Å². The number of nitrogens with one attached hydrogen (secondary N) is 1. The van der Waals surface area contributed by atoms with Crippen LogP contribution in [-0.2, 0) is 0 Å². The molecule has 0 bridgehead atoms. The van der Waals surface area contributed by atoms with E-state index in [0.717, 1.165) is 25.7 Å². The van der Waals surface area contributed by atoms with Gasteiger partial charge in [-0.15, -0.1) is 0 Å². The summed E-state index contributed by atoms with van der Waals surface area (Å²) in [7, 11) is 0. The van der Waals surface area contributed by atoms with E-state index < -0.39 is 0 Å². The summed E-state index contributed by atoms with van der Waals surface area (Å²) in [6, 6.07) is 0.0620. The fourth-order valence-electron chi connectivity index (χ4n) is 2.50. The van der Waals surface area contributed by atoms with E-state index in [1.165, 1.54) is 25.5 Å². The minimum atomic E-state index is -0.221. The second kappa shape index (κ2) is 6.70. The fraction of sp³-hybridized carbons (Fsp3) is 0.714. The van der Waals surface area contributed by atoms with E-state index in [2.05, 4.69) is 17.2 Å². The minimum Gasteiger partial charge on any atom is -0.446 e. The number of hydrogen-bond donors (Lipinski definition) is 2. The van der Waals surface area contributed by atoms with Crippen molar-refractivity contribution in [2.24, 2.45) is 5.73 Å². The van der Waals surface area contributed by atoms with Crippen LogP contribution in [-0.4, -0.2) is 16.9 Å². The van der Waals surface area contributed by atoms with Gasteiger partial charge in [0, 0.05) is 6.04 Å². The van der Waals surface area contributed by atoms with Gasteiger partial charge in [0.05, 0.1) is 6.04 Å². The number of aromatic nitrogens is 1. The third-order valence-corrected chi connectivity index (χ3v) is 3.61. The first-order valence-corrected chi connectivity index (χ1v) is 7.22. The molecule has 1 fully saturated rings. The Labute approximate surface area is 114 Å². The maximum absolute atomic E-state index is 12.0. The number of hydrogen-bond acceptors (Lipinski definition) is 4. The summed E-state index contributed by atoms with van der Waals surface area (Å²) in [5, 5.41) is 3.02. The Morgan fingerprint density at radius 1 is 1.53 bits per heavy atom. The van der Waals surface area contributed by atoms with Gasteiger partial charge < -0.3 is 15.5 Å². The molecule has 106 valence electrons. The molecule has 0 saturated heterocycles. The lowest BCUT2D eigenvalue weighted by molar-refractivity contribution is 0.0922. The van der Waals surface area contributed by atoms with Gasteiger partial charge in [-0.3, -0.25) is 4.79 Å². The van der Waals surface area contributed by atoms with Crippen molar-refractivity contribution in [1.82, 2.24) is 10.3 Å². The molecule has 1 aliphatic rings. The molecule has 3 N–H and O–H groups in total. The predicted molar refractivity (Wildman–Crippen MR) is 72.7 cm³/mol. The van der Waals surface area contributed by atoms with E-state index in [4.69, 9.17) is 10.2 Å². The van der Waals surface area contributed by atoms with Crippen molar-refractivity contribution < 1.29 is 9.21 Å². The molecule has 0 spiro atoms. The summed E-state index contributed by atoms with van der Waals surface area (Å²) in [5.74, 6) is 0.307. The molecule has 1 unspecified atom stereocenters. The number of nitrogens with two attached hydrogens (primary N) is 1. The van der Waals surface area contributed by atoms with Crippen LogP contribution in [0.2, 0.25) is 0 Å². The van der Waals surface area contributed by atoms with E-state index in [1.54, 1.807) is 0 Å². The summed E-state index contributed by atoms with van der Waals surface area (Å²) in [5.41, 5.74) is 6.26. The van der Waals surface area contributed by atoms with Crippen LogP contribution in [0.1, 0.15) is 74.3 Å². The molecule has 2 rings (SSSR count). The highest BCUT2D eigenvalue weighted by molar-refractivity contribution is 5.92. The van der Waals surface area contributed by atoms with E-state index in [1.807, 2.05) is 0 Å². The zero-order chi connectivity index (χ0) is 13.7. The van der Waals surface area contributed by atoms with E-state index in [0.29, 0.717) is 11.6 Å². The molecule has 1 atom stereocenters. The molecule has 0 aromatic carbocycles. The maximum Gasteiger partial charge on any atom is 0.273 e. The average Bonchev–Trinajstić information content (AvgIpc) is 2.90. The maximum atomic E-state index is 12.0. The van der Waals surface area contributed by atoms with Crippen molar-refractivity contribution in [2.75, 3.05) is 0 Å². The molecule has 5 nitrogen and oxygen atoms in total. The number of nitrogens with zero attached hydrogens (tertiary/aromatic N) is 1. The number of carbonyl (C=O) groups is 1. The average molecular weight is 265 g/mol. The number of carbonyl (C=O) groups excluding carboxylic acids is 1. The Morgan fingerprint density at radius 2 is 2.26 bits per heavy atom. The zero-order valence-electron chi connectivity index (χ0n) is 11.5. The Hall–Kier alpha value is -1.36. The number of rotatable bonds is 5. The largest absolute Gasteiger partial charge is 0.446 e. The molecule has 1 aromatic rings. The summed E-state index contributed by atoms with van der Waals surface area (Å²) in [6.45, 7) is 2.06. The first-order chi connectivity index (χ1) is 9.20. The van der Waals surface area contributed by atoms with Gasteiger partial charge in [-0.05, 0) is 19.3 Å². The molecule has 1 heterocycles. The van der Waals surface area contributed by atoms with Crippen LogP contribution in [0.5, 0.6) is 0 Å². The first kappa shape index (κ1) is 14.1. The molecule has 0 radical (unpaired) electrons. The molecule has 5 heteroatoms. The van der Waals surface area contributed by atoms with Gasteiger partial charge in [0.2, 0.25) is 5.89 Å². The van der Waals surface area contributed by atoms with Gasteiger partial charge in [-0.2, -0.15) is 0 Å². The van der Waals surface area contributed by atoms with Crippen LogP contribution in [0.25, 0.3) is 0 Å². The molecule has 19 heavy (non-hydrogen) atoms. The van der Waals surface area contributed by atoms with Gasteiger partial charge in [0.25, 0.3) is 5.91 Å². The lowest BCUT2D eigenvalue weighted by atomic mass is 9.95. The zero-order valence-corrected chi connectivity index (χ0v) is 11.5. The lowest BCUT2D eigenvalue weighted by Crippen LogP contribution is -2.36. The molecule has 1 aliphatic carbocycles. The highest BCUT2D eigenvalue weighted by Gasteiger charge is 2.20. The summed E-state index contributed by atoms with van der Waals surface area (Å²) in [4.78, 5) is 16.2. The van der Waals surface area contributed by atoms with E-state index in [9.17, 15) is 4.79 Å². The molecule has 1 aromatic heterocycles. The van der Waals surface area contributed by atoms with Gasteiger partial charge >= 0.3 is 0 Å². The van der Waals surface area contributed by atoms with Crippen LogP contribution in [0.15, 0.2) is 10.7 Å². The highest BCUT2D eigenvalue weighted by Crippen LogP contribution is 2.18. The second-order valence-electron chi connectivity index (χ2n) is 5.27. The third-order valence-electron chi connectivity index (χ3n) is 3.61. The van der Waals surface area contributed by atoms with Gasteiger partial charge in [-0.1, -0.05) is 32.6 Å². The van der Waals surface area contributed by atoms with Crippen LogP contribution >= 0.6 is 0 Å². The Kier molecular flexibility index (Phi) is 4.96. The summed E-state index contributed by atoms with van der Waals surface area (Å²) >= 11 is 0. The molecular weight excluding hydrogens is 242 g/mol. The molecule has 1 saturated carbocycles. The van der Waals surface area contributed by atoms with E-state index >= 15 is 0 Å². The molecule has 1 amide bonds. The number of amides is 1. The van der Waals surface area contributed by atoms with Crippen LogP contribution in [0.3, 0.4) is 0 Å². The normalized spacial score (nSPS) is 18.2. The van der Waals surface area contributed by atoms with Gasteiger partial charge in [-0.25, -0.2) is 4.98 Å². The Morgan fingerprint density at radius 3 is 2.95 bits per heavy atom. The number of oxazole rings is 1. The van der Waals surface area contributed by atoms with Crippen molar-refractivity contribution in [2.45, 2.75) is 64.0 Å². The van der Waals surface area contributed by atoms with Gasteiger partial charge in [0.15, 0.2) is 5.69 Å². The smallest absolute Gasteiger partial charge is 0.273 e. The molecule has 0 aliphatic heterocycles. The van der Waals surface area contributed by atoms with Crippen LogP contribution in [0, 0.1) is 0 Å². The van der Waals surface area contributed by atoms with Crippen molar-refractivity contribution in [3.63, 3.8) is 0 Å². The highest BCUT2D eigenvalue weighted by atomic mass is 16.3. The fourth-order valence-corrected chi connectivity index (χ4v) is 2.50. The van der Waals surface area contributed by atoms with Gasteiger partial charge in [0.1, 0.15) is 6.26 Å². The van der Waals surface area contributed by atoms with E-state index in [-0.39, 0.29) is 18.0 Å². The quantitative estimate of drug-likeness (QED) is 0.857. The third kappa shape index (κ3) is 3.80. The predicted octanol–water partition coefficient (Wildman–Crippen LogP) is 2.54. The standard InChI is InChI=1S/C14H23N3O2/c1-2-6-11(15)14-17-12(9-19-14)13(18)16-10-7-4-3-5-8-10/h9-11H,2-8,15H2,1H3,(H,16,18). The molecular formula is C14H23N3O2. The monoisotopic (exact) mass is 265 g/mol. The minimum absolute atomic E-state index is 0.148. The lowest BCUT2D eigenvalue weighted by Gasteiger charge is -2.22. The SMILES string of the molecule is CCCC(N)c1nc(C(=O)NC2CCCCC2)co1. The van der Waals surface area contributed by atoms with Crippen LogP contribution < -0.4 is 11.1 Å².